The van der Waals surface area contributed by atoms with Gasteiger partial charge >= 0.3 is 0 Å². The molecule has 1 fully saturated rings. The molecular weight excluding hydrogens is 374 g/mol. The van der Waals surface area contributed by atoms with E-state index >= 15 is 0 Å². The molecule has 0 aliphatic carbocycles. The second-order valence-electron chi connectivity index (χ2n) is 7.59. The summed E-state index contributed by atoms with van der Waals surface area (Å²) in [5.41, 5.74) is 9.61. The molecule has 30 heavy (non-hydrogen) atoms. The Bertz CT molecular complexity index is 1080. The van der Waals surface area contributed by atoms with Gasteiger partial charge in [-0.1, -0.05) is 36.1 Å². The second-order valence-corrected chi connectivity index (χ2v) is 7.59. The maximum atomic E-state index is 11.3. The van der Waals surface area contributed by atoms with Gasteiger partial charge in [-0.25, -0.2) is 9.67 Å². The van der Waals surface area contributed by atoms with E-state index in [1.54, 1.807) is 11.6 Å². The topological polar surface area (TPSA) is 85.8 Å². The van der Waals surface area contributed by atoms with Gasteiger partial charge in [0.25, 0.3) is 5.91 Å². The summed E-state index contributed by atoms with van der Waals surface area (Å²) in [5, 5.41) is 7.54. The Balaban J connectivity index is 1.41. The lowest BCUT2D eigenvalue weighted by molar-refractivity contribution is 0.0990. The van der Waals surface area contributed by atoms with Crippen molar-refractivity contribution in [3.63, 3.8) is 0 Å². The molecule has 6 nitrogen and oxygen atoms in total. The van der Waals surface area contributed by atoms with Gasteiger partial charge < -0.3 is 11.1 Å². The predicted molar refractivity (Wildman–Crippen MR) is 116 cm³/mol. The van der Waals surface area contributed by atoms with Crippen LogP contribution in [0.15, 0.2) is 48.5 Å². The predicted octanol–water partition coefficient (Wildman–Crippen LogP) is 2.62. The molecule has 2 heterocycles. The largest absolute Gasteiger partial charge is 0.363 e. The van der Waals surface area contributed by atoms with E-state index in [0.717, 1.165) is 43.6 Å². The minimum absolute atomic E-state index is 0.0277. The minimum Gasteiger partial charge on any atom is -0.363 e. The first-order chi connectivity index (χ1) is 14.6. The van der Waals surface area contributed by atoms with E-state index in [1.165, 1.54) is 11.1 Å². The Labute approximate surface area is 176 Å². The first kappa shape index (κ1) is 19.9. The van der Waals surface area contributed by atoms with Crippen LogP contribution in [0.1, 0.15) is 46.0 Å². The molecule has 3 aromatic rings. The number of aromatic nitrogens is 3. The normalized spacial score (nSPS) is 14.2. The van der Waals surface area contributed by atoms with Gasteiger partial charge in [0.1, 0.15) is 5.82 Å². The molecule has 0 bridgehead atoms. The van der Waals surface area contributed by atoms with E-state index < -0.39 is 5.91 Å². The van der Waals surface area contributed by atoms with E-state index in [9.17, 15) is 4.79 Å². The highest BCUT2D eigenvalue weighted by molar-refractivity contribution is 5.88. The molecule has 0 unspecified atom stereocenters. The zero-order chi connectivity index (χ0) is 20.9. The number of carbonyl (C=O) groups excluding carboxylic acids is 1. The van der Waals surface area contributed by atoms with Gasteiger partial charge in [-0.2, -0.15) is 0 Å². The van der Waals surface area contributed by atoms with E-state index in [-0.39, 0.29) is 5.82 Å². The SMILES string of the molecule is Cc1nc(C(N)=O)nn1-c1ccc(Cc2ccc(C#CC3CCNCC3)cc2)cc1. The van der Waals surface area contributed by atoms with Gasteiger partial charge in [0.2, 0.25) is 5.82 Å². The average Bonchev–Trinajstić information content (AvgIpc) is 3.17. The Hall–Kier alpha value is -3.43. The number of primary amides is 1. The smallest absolute Gasteiger partial charge is 0.288 e. The third-order valence-electron chi connectivity index (χ3n) is 5.29. The van der Waals surface area contributed by atoms with E-state index in [1.807, 2.05) is 12.1 Å². The van der Waals surface area contributed by atoms with Crippen LogP contribution in [0.2, 0.25) is 0 Å². The summed E-state index contributed by atoms with van der Waals surface area (Å²) in [6.07, 6.45) is 3.11. The minimum atomic E-state index is -0.627. The summed E-state index contributed by atoms with van der Waals surface area (Å²) in [6.45, 7) is 3.93. The monoisotopic (exact) mass is 399 g/mol. The molecule has 4 rings (SSSR count). The summed E-state index contributed by atoms with van der Waals surface area (Å²) in [6, 6.07) is 16.5. The van der Waals surface area contributed by atoms with Crippen molar-refractivity contribution in [3.05, 3.63) is 76.9 Å². The lowest BCUT2D eigenvalue weighted by Crippen LogP contribution is -2.26. The van der Waals surface area contributed by atoms with Crippen LogP contribution in [0.5, 0.6) is 0 Å². The number of amides is 1. The molecule has 1 aliphatic heterocycles. The summed E-state index contributed by atoms with van der Waals surface area (Å²) >= 11 is 0. The molecule has 1 amide bonds. The summed E-state index contributed by atoms with van der Waals surface area (Å²) < 4.78 is 1.62. The Kier molecular flexibility index (Phi) is 5.92. The lowest BCUT2D eigenvalue weighted by Gasteiger charge is -2.17. The average molecular weight is 399 g/mol. The third-order valence-corrected chi connectivity index (χ3v) is 5.29. The number of hydrogen-bond donors (Lipinski definition) is 2. The number of nitrogens with two attached hydrogens (primary N) is 1. The number of nitrogens with one attached hydrogen (secondary N) is 1. The Morgan fingerprint density at radius 1 is 1.10 bits per heavy atom. The highest BCUT2D eigenvalue weighted by Gasteiger charge is 2.12. The number of benzene rings is 2. The number of hydrogen-bond acceptors (Lipinski definition) is 4. The van der Waals surface area contributed by atoms with Gasteiger partial charge in [-0.3, -0.25) is 4.79 Å². The highest BCUT2D eigenvalue weighted by atomic mass is 16.1. The first-order valence-corrected chi connectivity index (χ1v) is 10.2. The van der Waals surface area contributed by atoms with Gasteiger partial charge in [-0.05, 0) is 74.7 Å². The van der Waals surface area contributed by atoms with E-state index in [4.69, 9.17) is 5.73 Å². The zero-order valence-corrected chi connectivity index (χ0v) is 17.1. The van der Waals surface area contributed by atoms with Crippen molar-refractivity contribution in [1.82, 2.24) is 20.1 Å². The molecule has 0 atom stereocenters. The van der Waals surface area contributed by atoms with Crippen LogP contribution in [-0.4, -0.2) is 33.8 Å². The summed E-state index contributed by atoms with van der Waals surface area (Å²) in [7, 11) is 0. The second kappa shape index (κ2) is 8.93. The summed E-state index contributed by atoms with van der Waals surface area (Å²) in [5.74, 6) is 7.26. The molecular formula is C24H25N5O. The van der Waals surface area contributed by atoms with Crippen LogP contribution in [0.25, 0.3) is 5.69 Å². The molecule has 1 aliphatic rings. The van der Waals surface area contributed by atoms with Crippen molar-refractivity contribution in [2.24, 2.45) is 11.7 Å². The van der Waals surface area contributed by atoms with Crippen molar-refractivity contribution >= 4 is 5.91 Å². The molecule has 3 N–H and O–H groups in total. The maximum absolute atomic E-state index is 11.3. The van der Waals surface area contributed by atoms with E-state index in [0.29, 0.717) is 11.7 Å². The van der Waals surface area contributed by atoms with Crippen molar-refractivity contribution in [2.75, 3.05) is 13.1 Å². The van der Waals surface area contributed by atoms with Crippen LogP contribution in [-0.2, 0) is 6.42 Å². The first-order valence-electron chi connectivity index (χ1n) is 10.2. The van der Waals surface area contributed by atoms with Crippen LogP contribution >= 0.6 is 0 Å². The van der Waals surface area contributed by atoms with Crippen molar-refractivity contribution in [3.8, 4) is 17.5 Å². The van der Waals surface area contributed by atoms with Crippen molar-refractivity contribution < 1.29 is 4.79 Å². The fourth-order valence-electron chi connectivity index (χ4n) is 3.59. The highest BCUT2D eigenvalue weighted by Crippen LogP contribution is 2.15. The molecule has 2 aromatic carbocycles. The molecule has 1 aromatic heterocycles. The third kappa shape index (κ3) is 4.76. The number of carbonyl (C=O) groups is 1. The van der Waals surface area contributed by atoms with Crippen molar-refractivity contribution in [2.45, 2.75) is 26.2 Å². The number of nitrogens with zero attached hydrogens (tertiary/aromatic N) is 3. The molecule has 0 saturated carbocycles. The van der Waals surface area contributed by atoms with Gasteiger partial charge in [0.15, 0.2) is 0 Å². The van der Waals surface area contributed by atoms with Gasteiger partial charge in [0.05, 0.1) is 5.69 Å². The zero-order valence-electron chi connectivity index (χ0n) is 17.1. The van der Waals surface area contributed by atoms with Crippen molar-refractivity contribution in [1.29, 1.82) is 0 Å². The van der Waals surface area contributed by atoms with Crippen LogP contribution in [0.3, 0.4) is 0 Å². The Morgan fingerprint density at radius 3 is 2.33 bits per heavy atom. The van der Waals surface area contributed by atoms with Crippen LogP contribution < -0.4 is 11.1 Å². The van der Waals surface area contributed by atoms with E-state index in [2.05, 4.69) is 63.6 Å². The fourth-order valence-corrected chi connectivity index (χ4v) is 3.59. The number of piperidine rings is 1. The van der Waals surface area contributed by atoms with Gasteiger partial charge in [0, 0.05) is 11.5 Å². The molecule has 1 saturated heterocycles. The number of rotatable bonds is 4. The van der Waals surface area contributed by atoms with Gasteiger partial charge in [-0.15, -0.1) is 5.10 Å². The molecule has 6 heteroatoms. The lowest BCUT2D eigenvalue weighted by atomic mass is 9.98. The molecule has 152 valence electrons. The maximum Gasteiger partial charge on any atom is 0.288 e. The standard InChI is InChI=1S/C24H25N5O/c1-17-27-24(23(25)30)28-29(17)22-10-8-21(9-11-22)16-20-6-4-18(5-7-20)2-3-19-12-14-26-15-13-19/h4-11,19,26H,12-16H2,1H3,(H2,25,30). The molecule has 0 radical (unpaired) electrons. The quantitative estimate of drug-likeness (QED) is 0.661. The fraction of sp³-hybridized carbons (Fsp3) is 0.292. The Morgan fingerprint density at radius 2 is 1.73 bits per heavy atom. The van der Waals surface area contributed by atoms with Crippen LogP contribution in [0, 0.1) is 24.7 Å². The summed E-state index contributed by atoms with van der Waals surface area (Å²) in [4.78, 5) is 15.4. The molecule has 0 spiro atoms. The van der Waals surface area contributed by atoms with Crippen LogP contribution in [0.4, 0.5) is 0 Å². The number of aryl methyl sites for hydroxylation is 1.